The molecule has 0 saturated carbocycles. The van der Waals surface area contributed by atoms with Gasteiger partial charge in [-0.1, -0.05) is 36.4 Å². The van der Waals surface area contributed by atoms with Crippen LogP contribution in [-0.4, -0.2) is 7.11 Å². The maximum absolute atomic E-state index is 5.27. The third kappa shape index (κ3) is 3.90. The first kappa shape index (κ1) is 14.2. The first-order chi connectivity index (χ1) is 9.83. The Morgan fingerprint density at radius 2 is 1.80 bits per heavy atom. The lowest BCUT2D eigenvalue weighted by atomic mass is 10.00. The van der Waals surface area contributed by atoms with Crippen molar-refractivity contribution in [1.82, 2.24) is 0 Å². The van der Waals surface area contributed by atoms with E-state index in [0.717, 1.165) is 31.4 Å². The third-order valence-electron chi connectivity index (χ3n) is 3.39. The second-order valence-corrected chi connectivity index (χ2v) is 4.84. The Morgan fingerprint density at radius 1 is 1.00 bits per heavy atom. The van der Waals surface area contributed by atoms with Gasteiger partial charge >= 0.3 is 0 Å². The molecule has 1 heteroatoms. The highest BCUT2D eigenvalue weighted by atomic mass is 16.5. The van der Waals surface area contributed by atoms with Crippen molar-refractivity contribution in [2.24, 2.45) is 0 Å². The summed E-state index contributed by atoms with van der Waals surface area (Å²) in [6, 6.07) is 16.9. The number of rotatable bonds is 6. The molecule has 20 heavy (non-hydrogen) atoms. The lowest BCUT2D eigenvalue weighted by molar-refractivity contribution is 0.415. The molecule has 0 fully saturated rings. The Labute approximate surface area is 121 Å². The fourth-order valence-electron chi connectivity index (χ4n) is 2.25. The van der Waals surface area contributed by atoms with Crippen LogP contribution in [0.25, 0.3) is 11.1 Å². The van der Waals surface area contributed by atoms with E-state index in [9.17, 15) is 0 Å². The molecule has 0 aliphatic rings. The molecule has 0 bridgehead atoms. The first-order valence-corrected chi connectivity index (χ1v) is 7.00. The molecule has 0 spiro atoms. The molecule has 0 aliphatic heterocycles. The molecule has 2 aromatic rings. The number of terminal acetylenes is 1. The van der Waals surface area contributed by atoms with E-state index in [2.05, 4.69) is 42.3 Å². The molecular weight excluding hydrogens is 244 g/mol. The van der Waals surface area contributed by atoms with Crippen molar-refractivity contribution in [1.29, 1.82) is 0 Å². The second kappa shape index (κ2) is 7.40. The zero-order chi connectivity index (χ0) is 14.2. The van der Waals surface area contributed by atoms with Crippen molar-refractivity contribution < 1.29 is 4.74 Å². The summed E-state index contributed by atoms with van der Waals surface area (Å²) < 4.78 is 5.19. The predicted molar refractivity (Wildman–Crippen MR) is 84.8 cm³/mol. The fraction of sp³-hybridized carbons (Fsp3) is 0.263. The van der Waals surface area contributed by atoms with Crippen LogP contribution >= 0.6 is 0 Å². The molecule has 1 nitrogen and oxygen atoms in total. The van der Waals surface area contributed by atoms with Gasteiger partial charge < -0.3 is 4.74 Å². The lowest BCUT2D eigenvalue weighted by Crippen LogP contribution is -1.87. The Kier molecular flexibility index (Phi) is 5.26. The molecule has 0 radical (unpaired) electrons. The zero-order valence-electron chi connectivity index (χ0n) is 11.9. The van der Waals surface area contributed by atoms with Crippen LogP contribution in [0.2, 0.25) is 0 Å². The summed E-state index contributed by atoms with van der Waals surface area (Å²) in [6.07, 6.45) is 9.48. The maximum atomic E-state index is 5.27. The van der Waals surface area contributed by atoms with Crippen LogP contribution in [0.1, 0.15) is 24.8 Å². The van der Waals surface area contributed by atoms with Crippen molar-refractivity contribution >= 4 is 0 Å². The zero-order valence-corrected chi connectivity index (χ0v) is 11.9. The molecular formula is C19H20O. The Balaban J connectivity index is 2.06. The van der Waals surface area contributed by atoms with Crippen LogP contribution in [0.15, 0.2) is 48.5 Å². The van der Waals surface area contributed by atoms with Crippen molar-refractivity contribution in [3.05, 3.63) is 54.1 Å². The van der Waals surface area contributed by atoms with E-state index in [1.165, 1.54) is 16.7 Å². The van der Waals surface area contributed by atoms with Gasteiger partial charge in [-0.25, -0.2) is 0 Å². The van der Waals surface area contributed by atoms with E-state index in [-0.39, 0.29) is 0 Å². The van der Waals surface area contributed by atoms with Crippen LogP contribution < -0.4 is 4.74 Å². The summed E-state index contributed by atoms with van der Waals surface area (Å²) in [6.45, 7) is 0. The van der Waals surface area contributed by atoms with Gasteiger partial charge in [0.05, 0.1) is 7.11 Å². The topological polar surface area (TPSA) is 9.23 Å². The minimum atomic E-state index is 0.873. The summed E-state index contributed by atoms with van der Waals surface area (Å²) in [5.74, 6) is 3.58. The summed E-state index contributed by atoms with van der Waals surface area (Å²) in [4.78, 5) is 0. The van der Waals surface area contributed by atoms with E-state index >= 15 is 0 Å². The van der Waals surface area contributed by atoms with Crippen molar-refractivity contribution in [2.45, 2.75) is 25.7 Å². The summed E-state index contributed by atoms with van der Waals surface area (Å²) in [5, 5.41) is 0. The van der Waals surface area contributed by atoms with Gasteiger partial charge in [-0.2, -0.15) is 0 Å². The van der Waals surface area contributed by atoms with E-state index in [1.807, 2.05) is 12.1 Å². The minimum absolute atomic E-state index is 0.873. The highest BCUT2D eigenvalue weighted by Gasteiger charge is 2.00. The minimum Gasteiger partial charge on any atom is -0.497 e. The molecule has 2 rings (SSSR count). The van der Waals surface area contributed by atoms with Gasteiger partial charge in [0.25, 0.3) is 0 Å². The molecule has 102 valence electrons. The fourth-order valence-corrected chi connectivity index (χ4v) is 2.25. The van der Waals surface area contributed by atoms with E-state index in [0.29, 0.717) is 0 Å². The molecule has 0 heterocycles. The van der Waals surface area contributed by atoms with Gasteiger partial charge in [0.15, 0.2) is 0 Å². The first-order valence-electron chi connectivity index (χ1n) is 7.00. The van der Waals surface area contributed by atoms with Gasteiger partial charge in [0.2, 0.25) is 0 Å². The van der Waals surface area contributed by atoms with Gasteiger partial charge in [0, 0.05) is 6.42 Å². The SMILES string of the molecule is C#CCCCCc1cccc(-c2ccc(OC)cc2)c1. The summed E-state index contributed by atoms with van der Waals surface area (Å²) >= 11 is 0. The number of methoxy groups -OCH3 is 1. The Morgan fingerprint density at radius 3 is 2.50 bits per heavy atom. The number of unbranched alkanes of at least 4 members (excludes halogenated alkanes) is 2. The van der Waals surface area contributed by atoms with Crippen LogP contribution in [-0.2, 0) is 6.42 Å². The Bertz CT molecular complexity index is 575. The molecule has 0 unspecified atom stereocenters. The third-order valence-corrected chi connectivity index (χ3v) is 3.39. The van der Waals surface area contributed by atoms with Crippen LogP contribution in [0.4, 0.5) is 0 Å². The number of hydrogen-bond acceptors (Lipinski definition) is 1. The molecule has 0 amide bonds. The largest absolute Gasteiger partial charge is 0.497 e. The highest BCUT2D eigenvalue weighted by Crippen LogP contribution is 2.23. The molecule has 0 aromatic heterocycles. The van der Waals surface area contributed by atoms with Crippen molar-refractivity contribution in [3.63, 3.8) is 0 Å². The van der Waals surface area contributed by atoms with Crippen molar-refractivity contribution in [2.75, 3.05) is 7.11 Å². The molecule has 0 N–H and O–H groups in total. The second-order valence-electron chi connectivity index (χ2n) is 4.84. The van der Waals surface area contributed by atoms with Gasteiger partial charge in [-0.15, -0.1) is 12.3 Å². The monoisotopic (exact) mass is 264 g/mol. The Hall–Kier alpha value is -2.20. The van der Waals surface area contributed by atoms with Crippen LogP contribution in [0.3, 0.4) is 0 Å². The average molecular weight is 264 g/mol. The quantitative estimate of drug-likeness (QED) is 0.542. The van der Waals surface area contributed by atoms with Crippen LogP contribution in [0.5, 0.6) is 5.75 Å². The van der Waals surface area contributed by atoms with E-state index < -0.39 is 0 Å². The number of ether oxygens (including phenoxy) is 1. The van der Waals surface area contributed by atoms with Gasteiger partial charge in [-0.05, 0) is 48.1 Å². The number of aryl methyl sites for hydroxylation is 1. The van der Waals surface area contributed by atoms with Crippen LogP contribution in [0, 0.1) is 12.3 Å². The lowest BCUT2D eigenvalue weighted by Gasteiger charge is -2.06. The molecule has 0 saturated heterocycles. The van der Waals surface area contributed by atoms with E-state index in [1.54, 1.807) is 7.11 Å². The molecule has 0 aliphatic carbocycles. The smallest absolute Gasteiger partial charge is 0.118 e. The summed E-state index contributed by atoms with van der Waals surface area (Å²) in [7, 11) is 1.69. The molecule has 2 aromatic carbocycles. The molecule has 0 atom stereocenters. The standard InChI is InChI=1S/C19H20O/c1-3-4-5-6-8-16-9-7-10-18(15-16)17-11-13-19(20-2)14-12-17/h1,7,9-15H,4-6,8H2,2H3. The van der Waals surface area contributed by atoms with Gasteiger partial charge in [-0.3, -0.25) is 0 Å². The number of benzene rings is 2. The normalized spacial score (nSPS) is 10.0. The highest BCUT2D eigenvalue weighted by molar-refractivity contribution is 5.64. The average Bonchev–Trinajstić information content (AvgIpc) is 2.52. The predicted octanol–water partition coefficient (Wildman–Crippen LogP) is 4.71. The number of hydrogen-bond donors (Lipinski definition) is 0. The summed E-state index contributed by atoms with van der Waals surface area (Å²) in [5.41, 5.74) is 3.84. The van der Waals surface area contributed by atoms with Gasteiger partial charge in [0.1, 0.15) is 5.75 Å². The van der Waals surface area contributed by atoms with E-state index in [4.69, 9.17) is 11.2 Å². The maximum Gasteiger partial charge on any atom is 0.118 e. The van der Waals surface area contributed by atoms with Crippen molar-refractivity contribution in [3.8, 4) is 29.2 Å².